The predicted octanol–water partition coefficient (Wildman–Crippen LogP) is 1.59. The van der Waals surface area contributed by atoms with E-state index in [2.05, 4.69) is 0 Å². The fourth-order valence-corrected chi connectivity index (χ4v) is 1.34. The largest absolute Gasteiger partial charge is 0.383 e. The van der Waals surface area contributed by atoms with Gasteiger partial charge in [0.1, 0.15) is 5.60 Å². The van der Waals surface area contributed by atoms with Crippen LogP contribution in [0.4, 0.5) is 8.78 Å². The lowest BCUT2D eigenvalue weighted by molar-refractivity contribution is -0.201. The Balaban J connectivity index is 4.60. The number of aliphatic hydroxyl groups is 1. The first-order valence-corrected chi connectivity index (χ1v) is 4.36. The Hall–Kier alpha value is -0.220. The summed E-state index contributed by atoms with van der Waals surface area (Å²) >= 11 is 0. The maximum Gasteiger partial charge on any atom is 0.279 e. The number of likely N-dealkylation sites (N-methyl/N-ethyl adjacent to an activating group) is 1. The van der Waals surface area contributed by atoms with Gasteiger partial charge in [0, 0.05) is 12.5 Å². The van der Waals surface area contributed by atoms with Gasteiger partial charge in [-0.3, -0.25) is 0 Å². The Labute approximate surface area is 78.5 Å². The molecule has 4 heteroatoms. The molecule has 1 unspecified atom stereocenters. The van der Waals surface area contributed by atoms with Crippen molar-refractivity contribution in [3.8, 4) is 0 Å². The Kier molecular flexibility index (Phi) is 3.82. The minimum Gasteiger partial charge on any atom is -0.383 e. The third-order valence-electron chi connectivity index (χ3n) is 2.07. The Bertz CT molecular complexity index is 167. The van der Waals surface area contributed by atoms with Gasteiger partial charge in [0.2, 0.25) is 0 Å². The van der Waals surface area contributed by atoms with Gasteiger partial charge in [0.15, 0.2) is 0 Å². The molecule has 0 aliphatic carbocycles. The van der Waals surface area contributed by atoms with Crippen molar-refractivity contribution in [3.05, 3.63) is 0 Å². The standard InChI is InChI=1S/C9H19F2NO/c1-7(2)9(10,11)8(3,13)6-12(4)5/h7,13H,6H2,1-5H3. The Morgan fingerprint density at radius 1 is 1.31 bits per heavy atom. The summed E-state index contributed by atoms with van der Waals surface area (Å²) < 4.78 is 26.8. The van der Waals surface area contributed by atoms with E-state index in [1.807, 2.05) is 0 Å². The third kappa shape index (κ3) is 2.88. The summed E-state index contributed by atoms with van der Waals surface area (Å²) in [5.74, 6) is -3.92. The maximum atomic E-state index is 13.4. The van der Waals surface area contributed by atoms with Crippen molar-refractivity contribution in [1.82, 2.24) is 4.90 Å². The number of hydrogen-bond donors (Lipinski definition) is 1. The highest BCUT2D eigenvalue weighted by Gasteiger charge is 2.51. The molecule has 0 saturated carbocycles. The maximum absolute atomic E-state index is 13.4. The van der Waals surface area contributed by atoms with E-state index >= 15 is 0 Å². The van der Waals surface area contributed by atoms with Gasteiger partial charge in [-0.2, -0.15) is 0 Å². The molecule has 0 saturated heterocycles. The van der Waals surface area contributed by atoms with Crippen molar-refractivity contribution < 1.29 is 13.9 Å². The van der Waals surface area contributed by atoms with E-state index in [1.54, 1.807) is 19.0 Å². The molecule has 0 heterocycles. The van der Waals surface area contributed by atoms with Crippen molar-refractivity contribution in [3.63, 3.8) is 0 Å². The summed E-state index contributed by atoms with van der Waals surface area (Å²) in [5.41, 5.74) is -1.97. The number of alkyl halides is 2. The lowest BCUT2D eigenvalue weighted by Crippen LogP contribution is -2.54. The molecule has 0 aromatic carbocycles. The van der Waals surface area contributed by atoms with Gasteiger partial charge >= 0.3 is 0 Å². The van der Waals surface area contributed by atoms with Crippen molar-refractivity contribution in [2.75, 3.05) is 20.6 Å². The second-order valence-electron chi connectivity index (χ2n) is 4.29. The van der Waals surface area contributed by atoms with Crippen LogP contribution in [-0.2, 0) is 0 Å². The van der Waals surface area contributed by atoms with Gasteiger partial charge in [-0.1, -0.05) is 13.8 Å². The van der Waals surface area contributed by atoms with Crippen molar-refractivity contribution >= 4 is 0 Å². The molecule has 0 fully saturated rings. The van der Waals surface area contributed by atoms with Gasteiger partial charge in [0.25, 0.3) is 5.92 Å². The first-order valence-electron chi connectivity index (χ1n) is 4.36. The normalized spacial score (nSPS) is 18.0. The molecule has 0 bridgehead atoms. The van der Waals surface area contributed by atoms with E-state index in [-0.39, 0.29) is 6.54 Å². The topological polar surface area (TPSA) is 23.5 Å². The van der Waals surface area contributed by atoms with E-state index in [0.717, 1.165) is 0 Å². The third-order valence-corrected chi connectivity index (χ3v) is 2.07. The second kappa shape index (κ2) is 3.88. The molecule has 2 nitrogen and oxygen atoms in total. The fraction of sp³-hybridized carbons (Fsp3) is 1.00. The average molecular weight is 195 g/mol. The summed E-state index contributed by atoms with van der Waals surface area (Å²) in [5, 5.41) is 9.59. The van der Waals surface area contributed by atoms with Crippen molar-refractivity contribution in [2.24, 2.45) is 5.92 Å². The predicted molar refractivity (Wildman–Crippen MR) is 49.0 cm³/mol. The molecule has 1 atom stereocenters. The fourth-order valence-electron chi connectivity index (χ4n) is 1.34. The molecular weight excluding hydrogens is 176 g/mol. The molecule has 0 amide bonds. The minimum absolute atomic E-state index is 0.0435. The summed E-state index contributed by atoms with van der Waals surface area (Å²) in [7, 11) is 3.32. The first kappa shape index (κ1) is 12.8. The molecule has 0 aliphatic rings. The van der Waals surface area contributed by atoms with Gasteiger partial charge in [-0.05, 0) is 21.0 Å². The Morgan fingerprint density at radius 2 is 1.69 bits per heavy atom. The van der Waals surface area contributed by atoms with Crippen LogP contribution in [0.2, 0.25) is 0 Å². The van der Waals surface area contributed by atoms with E-state index in [0.29, 0.717) is 0 Å². The van der Waals surface area contributed by atoms with E-state index in [4.69, 9.17) is 0 Å². The van der Waals surface area contributed by atoms with Crippen LogP contribution in [0, 0.1) is 5.92 Å². The molecule has 13 heavy (non-hydrogen) atoms. The molecule has 0 rings (SSSR count). The van der Waals surface area contributed by atoms with E-state index < -0.39 is 17.4 Å². The van der Waals surface area contributed by atoms with Crippen LogP contribution in [-0.4, -0.2) is 42.2 Å². The molecule has 0 spiro atoms. The van der Waals surface area contributed by atoms with Crippen LogP contribution in [0.1, 0.15) is 20.8 Å². The van der Waals surface area contributed by atoms with Crippen LogP contribution < -0.4 is 0 Å². The smallest absolute Gasteiger partial charge is 0.279 e. The van der Waals surface area contributed by atoms with Gasteiger partial charge in [0.05, 0.1) is 0 Å². The molecule has 0 aromatic rings. The highest BCUT2D eigenvalue weighted by molar-refractivity contribution is 4.92. The molecule has 80 valence electrons. The SMILES string of the molecule is CC(C)C(F)(F)C(C)(O)CN(C)C. The van der Waals surface area contributed by atoms with Crippen LogP contribution in [0.3, 0.4) is 0 Å². The van der Waals surface area contributed by atoms with Crippen molar-refractivity contribution in [2.45, 2.75) is 32.3 Å². The summed E-state index contributed by atoms with van der Waals surface area (Å²) in [4.78, 5) is 1.55. The monoisotopic (exact) mass is 195 g/mol. The summed E-state index contributed by atoms with van der Waals surface area (Å²) in [6.45, 7) is 3.94. The molecular formula is C9H19F2NO. The zero-order valence-corrected chi connectivity index (χ0v) is 8.93. The van der Waals surface area contributed by atoms with Crippen molar-refractivity contribution in [1.29, 1.82) is 0 Å². The van der Waals surface area contributed by atoms with E-state index in [1.165, 1.54) is 20.8 Å². The van der Waals surface area contributed by atoms with Gasteiger partial charge in [-0.15, -0.1) is 0 Å². The van der Waals surface area contributed by atoms with Gasteiger partial charge in [-0.25, -0.2) is 8.78 Å². The number of halogens is 2. The Morgan fingerprint density at radius 3 is 1.92 bits per heavy atom. The lowest BCUT2D eigenvalue weighted by Gasteiger charge is -2.37. The summed E-state index contributed by atoms with van der Waals surface area (Å²) in [6.07, 6.45) is 0. The zero-order chi connectivity index (χ0) is 10.9. The highest BCUT2D eigenvalue weighted by Crippen LogP contribution is 2.35. The van der Waals surface area contributed by atoms with Crippen LogP contribution >= 0.6 is 0 Å². The van der Waals surface area contributed by atoms with Crippen LogP contribution in [0.5, 0.6) is 0 Å². The molecule has 0 radical (unpaired) electrons. The lowest BCUT2D eigenvalue weighted by atomic mass is 9.89. The molecule has 0 aliphatic heterocycles. The number of hydrogen-bond acceptors (Lipinski definition) is 2. The van der Waals surface area contributed by atoms with E-state index in [9.17, 15) is 13.9 Å². The first-order chi connectivity index (χ1) is 5.61. The number of nitrogens with zero attached hydrogens (tertiary/aromatic N) is 1. The summed E-state index contributed by atoms with van der Waals surface area (Å²) in [6, 6.07) is 0. The quantitative estimate of drug-likeness (QED) is 0.736. The number of rotatable bonds is 4. The van der Waals surface area contributed by atoms with Crippen LogP contribution in [0.25, 0.3) is 0 Å². The second-order valence-corrected chi connectivity index (χ2v) is 4.29. The zero-order valence-electron chi connectivity index (χ0n) is 8.93. The average Bonchev–Trinajstić information content (AvgIpc) is 1.83. The van der Waals surface area contributed by atoms with Gasteiger partial charge < -0.3 is 10.0 Å². The highest BCUT2D eigenvalue weighted by atomic mass is 19.3. The van der Waals surface area contributed by atoms with Crippen LogP contribution in [0.15, 0.2) is 0 Å². The molecule has 0 aromatic heterocycles. The molecule has 1 N–H and O–H groups in total. The minimum atomic E-state index is -3.06.